The number of hydrogen-bond donors (Lipinski definition) is 2. The molecule has 0 spiro atoms. The summed E-state index contributed by atoms with van der Waals surface area (Å²) in [6, 6.07) is 5.86. The molecule has 0 unspecified atom stereocenters. The van der Waals surface area contributed by atoms with Crippen LogP contribution >= 0.6 is 11.3 Å². The molecule has 162 valence electrons. The van der Waals surface area contributed by atoms with Crippen molar-refractivity contribution in [3.05, 3.63) is 67.8 Å². The molecule has 0 saturated carbocycles. The van der Waals surface area contributed by atoms with Crippen LogP contribution in [-0.4, -0.2) is 16.7 Å². The van der Waals surface area contributed by atoms with Gasteiger partial charge in [0.2, 0.25) is 0 Å². The van der Waals surface area contributed by atoms with Crippen molar-refractivity contribution in [2.75, 3.05) is 5.32 Å². The van der Waals surface area contributed by atoms with Crippen LogP contribution in [0.15, 0.2) is 46.9 Å². The lowest BCUT2D eigenvalue weighted by molar-refractivity contribution is -0.118. The maximum atomic E-state index is 13.5. The Hall–Kier alpha value is -2.73. The maximum Gasteiger partial charge on any atom is 0.255 e. The molecule has 6 heteroatoms. The summed E-state index contributed by atoms with van der Waals surface area (Å²) in [6.45, 7) is 12.3. The van der Waals surface area contributed by atoms with E-state index in [0.717, 1.165) is 39.4 Å². The number of nitrogens with zero attached hydrogens (tertiary/aromatic N) is 1. The lowest BCUT2D eigenvalue weighted by Crippen LogP contribution is -2.39. The molecule has 1 amide bonds. The molecule has 4 rings (SSSR count). The second-order valence-corrected chi connectivity index (χ2v) is 10.9. The average molecular weight is 436 g/mol. The number of anilines is 1. The first kappa shape index (κ1) is 21.5. The number of allylic oxidation sites excluding steroid dienone is 3. The van der Waals surface area contributed by atoms with Crippen molar-refractivity contribution in [3.8, 4) is 0 Å². The lowest BCUT2D eigenvalue weighted by atomic mass is 9.68. The molecule has 1 aliphatic carbocycles. The highest BCUT2D eigenvalue weighted by Crippen LogP contribution is 2.48. The van der Waals surface area contributed by atoms with E-state index in [-0.39, 0.29) is 23.0 Å². The molecule has 2 aromatic heterocycles. The van der Waals surface area contributed by atoms with Crippen LogP contribution in [0.2, 0.25) is 0 Å². The van der Waals surface area contributed by atoms with Gasteiger partial charge in [0.05, 0.1) is 0 Å². The van der Waals surface area contributed by atoms with Crippen LogP contribution in [0.5, 0.6) is 0 Å². The molecule has 31 heavy (non-hydrogen) atoms. The molecule has 2 aliphatic rings. The molecule has 0 fully saturated rings. The average Bonchev–Trinajstić information content (AvgIpc) is 2.97. The minimum absolute atomic E-state index is 0.0986. The van der Waals surface area contributed by atoms with Crippen molar-refractivity contribution in [1.29, 1.82) is 0 Å². The molecule has 0 bridgehead atoms. The van der Waals surface area contributed by atoms with Gasteiger partial charge in [-0.2, -0.15) is 0 Å². The van der Waals surface area contributed by atoms with E-state index in [1.807, 2.05) is 26.0 Å². The van der Waals surface area contributed by atoms with Crippen LogP contribution in [0.1, 0.15) is 60.4 Å². The van der Waals surface area contributed by atoms with Crippen LogP contribution in [0, 0.1) is 26.2 Å². The quantitative estimate of drug-likeness (QED) is 0.685. The van der Waals surface area contributed by atoms with E-state index in [4.69, 9.17) is 0 Å². The van der Waals surface area contributed by atoms with Crippen molar-refractivity contribution < 1.29 is 9.59 Å². The fourth-order valence-corrected chi connectivity index (χ4v) is 5.74. The summed E-state index contributed by atoms with van der Waals surface area (Å²) in [5, 5.41) is 6.38. The summed E-state index contributed by atoms with van der Waals surface area (Å²) in [7, 11) is 0. The van der Waals surface area contributed by atoms with Crippen LogP contribution in [0.3, 0.4) is 0 Å². The third kappa shape index (κ3) is 4.09. The number of dihydropyridines is 1. The monoisotopic (exact) mass is 435 g/mol. The topological polar surface area (TPSA) is 71.1 Å². The zero-order valence-corrected chi connectivity index (χ0v) is 19.8. The van der Waals surface area contributed by atoms with Crippen molar-refractivity contribution in [2.45, 2.75) is 60.3 Å². The highest BCUT2D eigenvalue weighted by Gasteiger charge is 2.43. The first-order chi connectivity index (χ1) is 14.6. The van der Waals surface area contributed by atoms with Gasteiger partial charge >= 0.3 is 0 Å². The van der Waals surface area contributed by atoms with Crippen molar-refractivity contribution in [2.24, 2.45) is 5.41 Å². The molecule has 3 heterocycles. The standard InChI is InChI=1S/C25H29N3O2S/c1-13-7-8-26-20(9-13)28-24(30)21-15(3)27-18-11-25(5,6)12-19(29)23(18)22(21)17-10-14(2)31-16(17)4/h7-10,22,27H,11-12H2,1-6H3,(H,26,28,30)/t22-/m0/s1. The van der Waals surface area contributed by atoms with Gasteiger partial charge in [0.1, 0.15) is 5.82 Å². The Morgan fingerprint density at radius 1 is 1.19 bits per heavy atom. The zero-order valence-electron chi connectivity index (χ0n) is 19.0. The van der Waals surface area contributed by atoms with Gasteiger partial charge in [-0.05, 0) is 68.9 Å². The number of aryl methyl sites for hydroxylation is 3. The Kier molecular flexibility index (Phi) is 5.38. The summed E-state index contributed by atoms with van der Waals surface area (Å²) < 4.78 is 0. The van der Waals surface area contributed by atoms with Crippen molar-refractivity contribution in [3.63, 3.8) is 0 Å². The van der Waals surface area contributed by atoms with Gasteiger partial charge in [-0.1, -0.05) is 13.8 Å². The zero-order chi connectivity index (χ0) is 22.5. The molecule has 2 N–H and O–H groups in total. The Morgan fingerprint density at radius 3 is 2.58 bits per heavy atom. The number of aromatic nitrogens is 1. The van der Waals surface area contributed by atoms with E-state index in [0.29, 0.717) is 17.8 Å². The highest BCUT2D eigenvalue weighted by molar-refractivity contribution is 7.12. The molecule has 2 aromatic rings. The molecular formula is C25H29N3O2S. The lowest BCUT2D eigenvalue weighted by Gasteiger charge is -2.39. The highest BCUT2D eigenvalue weighted by atomic mass is 32.1. The number of ketones is 1. The molecule has 1 atom stereocenters. The van der Waals surface area contributed by atoms with Crippen LogP contribution in [0.4, 0.5) is 5.82 Å². The molecular weight excluding hydrogens is 406 g/mol. The molecule has 1 aliphatic heterocycles. The fraction of sp³-hybridized carbons (Fsp3) is 0.400. The van der Waals surface area contributed by atoms with E-state index in [9.17, 15) is 9.59 Å². The molecule has 0 radical (unpaired) electrons. The van der Waals surface area contributed by atoms with E-state index in [2.05, 4.69) is 49.4 Å². The Labute approximate surface area is 187 Å². The van der Waals surface area contributed by atoms with Crippen molar-refractivity contribution in [1.82, 2.24) is 10.3 Å². The fourth-order valence-electron chi connectivity index (χ4n) is 4.77. The first-order valence-corrected chi connectivity index (χ1v) is 11.4. The Morgan fingerprint density at radius 2 is 1.94 bits per heavy atom. The summed E-state index contributed by atoms with van der Waals surface area (Å²) in [5.74, 6) is 0.0479. The third-order valence-corrected chi connectivity index (χ3v) is 7.01. The van der Waals surface area contributed by atoms with Crippen LogP contribution < -0.4 is 10.6 Å². The number of hydrogen-bond acceptors (Lipinski definition) is 5. The number of Topliss-reactive ketones (excluding diaryl/α,β-unsaturated/α-hetero) is 1. The van der Waals surface area contributed by atoms with Gasteiger partial charge in [-0.15, -0.1) is 11.3 Å². The first-order valence-electron chi connectivity index (χ1n) is 10.6. The molecule has 0 aromatic carbocycles. The van der Waals surface area contributed by atoms with Crippen molar-refractivity contribution >= 4 is 28.8 Å². The summed E-state index contributed by atoms with van der Waals surface area (Å²) in [6.07, 6.45) is 2.96. The van der Waals surface area contributed by atoms with Gasteiger partial charge in [0, 0.05) is 50.8 Å². The number of pyridine rings is 1. The second kappa shape index (κ2) is 7.75. The summed E-state index contributed by atoms with van der Waals surface area (Å²) >= 11 is 1.70. The minimum Gasteiger partial charge on any atom is -0.362 e. The number of rotatable bonds is 3. The SMILES string of the molecule is CC1=C(C(=O)Nc2cc(C)ccn2)[C@H](c2cc(C)sc2C)C2=C(CC(C)(C)CC2=O)N1. The van der Waals surface area contributed by atoms with Gasteiger partial charge in [-0.3, -0.25) is 9.59 Å². The number of nitrogens with one attached hydrogen (secondary N) is 2. The Bertz CT molecular complexity index is 1150. The smallest absolute Gasteiger partial charge is 0.255 e. The van der Waals surface area contributed by atoms with E-state index in [1.54, 1.807) is 17.5 Å². The van der Waals surface area contributed by atoms with Gasteiger partial charge < -0.3 is 10.6 Å². The largest absolute Gasteiger partial charge is 0.362 e. The predicted molar refractivity (Wildman–Crippen MR) is 125 cm³/mol. The number of thiophene rings is 1. The van der Waals surface area contributed by atoms with Crippen LogP contribution in [-0.2, 0) is 9.59 Å². The molecule has 0 saturated heterocycles. The van der Waals surface area contributed by atoms with E-state index in [1.165, 1.54) is 4.88 Å². The number of carbonyl (C=O) groups is 2. The summed E-state index contributed by atoms with van der Waals surface area (Å²) in [4.78, 5) is 33.5. The number of amides is 1. The maximum absolute atomic E-state index is 13.5. The molecule has 5 nitrogen and oxygen atoms in total. The van der Waals surface area contributed by atoms with E-state index >= 15 is 0 Å². The minimum atomic E-state index is -0.366. The normalized spacial score (nSPS) is 20.5. The van der Waals surface area contributed by atoms with Crippen LogP contribution in [0.25, 0.3) is 0 Å². The van der Waals surface area contributed by atoms with E-state index < -0.39 is 0 Å². The second-order valence-electron chi connectivity index (χ2n) is 9.47. The number of carbonyl (C=O) groups excluding carboxylic acids is 2. The predicted octanol–water partition coefficient (Wildman–Crippen LogP) is 5.31. The van der Waals surface area contributed by atoms with Gasteiger partial charge in [-0.25, -0.2) is 4.98 Å². The Balaban J connectivity index is 1.82. The van der Waals surface area contributed by atoms with Gasteiger partial charge in [0.15, 0.2) is 5.78 Å². The van der Waals surface area contributed by atoms with Gasteiger partial charge in [0.25, 0.3) is 5.91 Å². The third-order valence-electron chi connectivity index (χ3n) is 6.03. The summed E-state index contributed by atoms with van der Waals surface area (Å²) in [5.41, 5.74) is 5.06.